The minimum atomic E-state index is 0.407. The SMILES string of the molecule is CCc1cc(N2CCN(c3nccc(C#N)n3)CC2)nc(C2CC2)n1. The predicted octanol–water partition coefficient (Wildman–Crippen LogP) is 1.90. The number of piperazine rings is 1. The van der Waals surface area contributed by atoms with E-state index in [9.17, 15) is 0 Å². The Kier molecular flexibility index (Phi) is 4.18. The van der Waals surface area contributed by atoms with Crippen LogP contribution in [0.25, 0.3) is 0 Å². The third-order valence-electron chi connectivity index (χ3n) is 4.73. The zero-order valence-corrected chi connectivity index (χ0v) is 14.4. The number of rotatable bonds is 4. The molecule has 7 nitrogen and oxygen atoms in total. The Morgan fingerprint density at radius 1 is 1.12 bits per heavy atom. The molecule has 1 saturated carbocycles. The maximum atomic E-state index is 9.00. The number of hydrogen-bond donors (Lipinski definition) is 0. The molecule has 1 aliphatic heterocycles. The van der Waals surface area contributed by atoms with Gasteiger partial charge in [0.05, 0.1) is 0 Å². The van der Waals surface area contributed by atoms with Gasteiger partial charge in [-0.15, -0.1) is 0 Å². The minimum absolute atomic E-state index is 0.407. The highest BCUT2D eigenvalue weighted by atomic mass is 15.3. The molecule has 0 radical (unpaired) electrons. The highest BCUT2D eigenvalue weighted by Crippen LogP contribution is 2.38. The first-order chi connectivity index (χ1) is 12.3. The van der Waals surface area contributed by atoms with Crippen molar-refractivity contribution in [1.29, 1.82) is 5.26 Å². The number of anilines is 2. The average Bonchev–Trinajstić information content (AvgIpc) is 3.53. The second-order valence-electron chi connectivity index (χ2n) is 6.53. The molecule has 0 bridgehead atoms. The molecule has 3 heterocycles. The standard InChI is InChI=1S/C18H21N7/c1-2-14-11-16(23-17(21-14)13-3-4-13)24-7-9-25(10-8-24)18-20-6-5-15(12-19)22-18/h5-6,11,13H,2-4,7-10H2,1H3. The van der Waals surface area contributed by atoms with Gasteiger partial charge in [-0.05, 0) is 25.3 Å². The van der Waals surface area contributed by atoms with Crippen LogP contribution in [0.3, 0.4) is 0 Å². The van der Waals surface area contributed by atoms with Crippen LogP contribution in [0.5, 0.6) is 0 Å². The van der Waals surface area contributed by atoms with Crippen molar-refractivity contribution in [2.24, 2.45) is 0 Å². The van der Waals surface area contributed by atoms with E-state index in [0.29, 0.717) is 17.6 Å². The van der Waals surface area contributed by atoms with Crippen LogP contribution in [-0.4, -0.2) is 46.1 Å². The molecule has 4 rings (SSSR count). The fraction of sp³-hybridized carbons (Fsp3) is 0.500. The summed E-state index contributed by atoms with van der Waals surface area (Å²) >= 11 is 0. The van der Waals surface area contributed by atoms with Crippen LogP contribution in [0.4, 0.5) is 11.8 Å². The van der Waals surface area contributed by atoms with Gasteiger partial charge >= 0.3 is 0 Å². The third kappa shape index (κ3) is 3.38. The van der Waals surface area contributed by atoms with Crippen molar-refractivity contribution in [3.63, 3.8) is 0 Å². The van der Waals surface area contributed by atoms with Crippen molar-refractivity contribution < 1.29 is 0 Å². The van der Waals surface area contributed by atoms with Crippen molar-refractivity contribution in [3.05, 3.63) is 35.5 Å². The van der Waals surface area contributed by atoms with Crippen LogP contribution in [0, 0.1) is 11.3 Å². The summed E-state index contributed by atoms with van der Waals surface area (Å²) in [4.78, 5) is 22.5. The van der Waals surface area contributed by atoms with E-state index in [1.54, 1.807) is 12.3 Å². The maximum absolute atomic E-state index is 9.00. The monoisotopic (exact) mass is 335 g/mol. The van der Waals surface area contributed by atoms with E-state index in [4.69, 9.17) is 15.2 Å². The lowest BCUT2D eigenvalue weighted by atomic mass is 10.2. The van der Waals surface area contributed by atoms with Crippen molar-refractivity contribution in [1.82, 2.24) is 19.9 Å². The van der Waals surface area contributed by atoms with Gasteiger partial charge in [0.1, 0.15) is 23.4 Å². The first kappa shape index (κ1) is 15.8. The molecule has 0 unspecified atom stereocenters. The van der Waals surface area contributed by atoms with E-state index in [2.05, 4.69) is 38.8 Å². The van der Waals surface area contributed by atoms with Gasteiger partial charge in [0.15, 0.2) is 0 Å². The van der Waals surface area contributed by atoms with Crippen molar-refractivity contribution in [2.45, 2.75) is 32.1 Å². The van der Waals surface area contributed by atoms with Crippen LogP contribution in [-0.2, 0) is 6.42 Å². The first-order valence-electron chi connectivity index (χ1n) is 8.87. The van der Waals surface area contributed by atoms with E-state index >= 15 is 0 Å². The number of aryl methyl sites for hydroxylation is 1. The molecule has 1 saturated heterocycles. The van der Waals surface area contributed by atoms with Gasteiger partial charge in [-0.3, -0.25) is 0 Å². The Balaban J connectivity index is 1.48. The van der Waals surface area contributed by atoms with Gasteiger partial charge in [0, 0.05) is 50.1 Å². The second-order valence-corrected chi connectivity index (χ2v) is 6.53. The fourth-order valence-corrected chi connectivity index (χ4v) is 3.07. The lowest BCUT2D eigenvalue weighted by Gasteiger charge is -2.35. The molecular formula is C18H21N7. The largest absolute Gasteiger partial charge is 0.353 e. The summed E-state index contributed by atoms with van der Waals surface area (Å²) in [5.74, 6) is 3.25. The van der Waals surface area contributed by atoms with Gasteiger partial charge < -0.3 is 9.80 Å². The first-order valence-corrected chi connectivity index (χ1v) is 8.87. The smallest absolute Gasteiger partial charge is 0.226 e. The molecular weight excluding hydrogens is 314 g/mol. The Labute approximate surface area is 147 Å². The zero-order chi connectivity index (χ0) is 17.2. The summed E-state index contributed by atoms with van der Waals surface area (Å²) in [6.45, 7) is 5.51. The van der Waals surface area contributed by atoms with E-state index in [1.807, 2.05) is 0 Å². The van der Waals surface area contributed by atoms with Crippen LogP contribution < -0.4 is 9.80 Å². The van der Waals surface area contributed by atoms with Crippen LogP contribution in [0.15, 0.2) is 18.3 Å². The molecule has 0 amide bonds. The Hall–Kier alpha value is -2.75. The molecule has 1 aliphatic carbocycles. The maximum Gasteiger partial charge on any atom is 0.226 e. The number of nitrogens with zero attached hydrogens (tertiary/aromatic N) is 7. The lowest BCUT2D eigenvalue weighted by Crippen LogP contribution is -2.47. The quantitative estimate of drug-likeness (QED) is 0.844. The molecule has 0 spiro atoms. The fourth-order valence-electron chi connectivity index (χ4n) is 3.07. The summed E-state index contributed by atoms with van der Waals surface area (Å²) in [6, 6.07) is 5.82. The number of aromatic nitrogens is 4. The van der Waals surface area contributed by atoms with Crippen LogP contribution >= 0.6 is 0 Å². The third-order valence-corrected chi connectivity index (χ3v) is 4.73. The molecule has 0 N–H and O–H groups in total. The Morgan fingerprint density at radius 2 is 1.88 bits per heavy atom. The van der Waals surface area contributed by atoms with Crippen LogP contribution in [0.2, 0.25) is 0 Å². The molecule has 0 aromatic carbocycles. The van der Waals surface area contributed by atoms with E-state index < -0.39 is 0 Å². The zero-order valence-electron chi connectivity index (χ0n) is 14.4. The second kappa shape index (κ2) is 6.63. The van der Waals surface area contributed by atoms with Crippen LogP contribution in [0.1, 0.15) is 42.9 Å². The Bertz CT molecular complexity index is 801. The summed E-state index contributed by atoms with van der Waals surface area (Å²) in [7, 11) is 0. The van der Waals surface area contributed by atoms with Gasteiger partial charge in [0.2, 0.25) is 5.95 Å². The summed E-state index contributed by atoms with van der Waals surface area (Å²) in [5, 5.41) is 9.00. The highest BCUT2D eigenvalue weighted by molar-refractivity contribution is 5.44. The summed E-state index contributed by atoms with van der Waals surface area (Å²) < 4.78 is 0. The summed E-state index contributed by atoms with van der Waals surface area (Å²) in [6.07, 6.45) is 5.01. The predicted molar refractivity (Wildman–Crippen MR) is 94.6 cm³/mol. The van der Waals surface area contributed by atoms with Crippen molar-refractivity contribution in [2.75, 3.05) is 36.0 Å². The van der Waals surface area contributed by atoms with Gasteiger partial charge in [-0.1, -0.05) is 6.92 Å². The van der Waals surface area contributed by atoms with E-state index in [1.165, 1.54) is 12.8 Å². The Morgan fingerprint density at radius 3 is 2.56 bits per heavy atom. The van der Waals surface area contributed by atoms with Gasteiger partial charge in [-0.25, -0.2) is 19.9 Å². The average molecular weight is 335 g/mol. The van der Waals surface area contributed by atoms with E-state index in [0.717, 1.165) is 49.9 Å². The highest BCUT2D eigenvalue weighted by Gasteiger charge is 2.28. The molecule has 0 atom stereocenters. The molecule has 2 aliphatic rings. The van der Waals surface area contributed by atoms with E-state index in [-0.39, 0.29) is 0 Å². The van der Waals surface area contributed by atoms with Crippen molar-refractivity contribution in [3.8, 4) is 6.07 Å². The summed E-state index contributed by atoms with van der Waals surface area (Å²) in [5.41, 5.74) is 1.53. The van der Waals surface area contributed by atoms with Gasteiger partial charge in [-0.2, -0.15) is 5.26 Å². The molecule has 2 aromatic rings. The molecule has 2 aromatic heterocycles. The molecule has 128 valence electrons. The normalized spacial score (nSPS) is 17.4. The van der Waals surface area contributed by atoms with Gasteiger partial charge in [0.25, 0.3) is 0 Å². The molecule has 25 heavy (non-hydrogen) atoms. The minimum Gasteiger partial charge on any atom is -0.353 e. The van der Waals surface area contributed by atoms with Crippen molar-refractivity contribution >= 4 is 11.8 Å². The molecule has 7 heteroatoms. The molecule has 2 fully saturated rings. The lowest BCUT2D eigenvalue weighted by molar-refractivity contribution is 0.631. The topological polar surface area (TPSA) is 81.8 Å². The number of nitriles is 1. The number of hydrogen-bond acceptors (Lipinski definition) is 7.